The third kappa shape index (κ3) is 5.78. The number of oxazole rings is 1. The van der Waals surface area contributed by atoms with Gasteiger partial charge in [0.2, 0.25) is 0 Å². The van der Waals surface area contributed by atoms with Crippen molar-refractivity contribution in [3.05, 3.63) is 129 Å². The largest absolute Gasteiger partial charge is 0.478 e. The van der Waals surface area contributed by atoms with Gasteiger partial charge in [-0.3, -0.25) is 9.36 Å². The summed E-state index contributed by atoms with van der Waals surface area (Å²) in [7, 11) is 0. The predicted octanol–water partition coefficient (Wildman–Crippen LogP) is 6.24. The van der Waals surface area contributed by atoms with Crippen LogP contribution in [0.5, 0.6) is 0 Å². The second kappa shape index (κ2) is 11.0. The topological polar surface area (TPSA) is 102 Å². The van der Waals surface area contributed by atoms with Crippen LogP contribution in [-0.2, 0) is 19.3 Å². The second-order valence-corrected chi connectivity index (χ2v) is 9.33. The fourth-order valence-corrected chi connectivity index (χ4v) is 4.39. The Morgan fingerprint density at radius 3 is 2.12 bits per heavy atom. The summed E-state index contributed by atoms with van der Waals surface area (Å²) >= 11 is 0. The second-order valence-electron chi connectivity index (χ2n) is 9.33. The number of nitrogens with one attached hydrogen (secondary N) is 1. The molecule has 0 aliphatic carbocycles. The molecule has 0 unspecified atom stereocenters. The van der Waals surface area contributed by atoms with Crippen LogP contribution in [0.4, 0.5) is 22.0 Å². The molecule has 12 heteroatoms. The monoisotopic (exact) mass is 582 g/mol. The molecule has 5 rings (SSSR count). The summed E-state index contributed by atoms with van der Waals surface area (Å²) < 4.78 is 73.0. The number of halogens is 5. The highest BCUT2D eigenvalue weighted by Gasteiger charge is 2.30. The number of carbonyl (C=O) groups is 2. The molecule has 4 aromatic carbocycles. The number of carboxylic acid groups (broad SMARTS) is 1. The van der Waals surface area contributed by atoms with Crippen LogP contribution < -0.4 is 11.1 Å². The molecular weight excluding hydrogens is 563 g/mol. The van der Waals surface area contributed by atoms with Gasteiger partial charge >= 0.3 is 17.9 Å². The third-order valence-electron chi connectivity index (χ3n) is 6.54. The number of nitrogens with zero attached hydrogens (tertiary/aromatic N) is 1. The van der Waals surface area contributed by atoms with E-state index in [1.165, 1.54) is 54.6 Å². The van der Waals surface area contributed by atoms with Crippen molar-refractivity contribution in [1.82, 2.24) is 9.88 Å². The standard InChI is InChI=1S/C30H19F5N2O5/c31-23-10-7-19(12-24(23)32)20-11-22(27(38)36-14-16-1-5-18(6-2-16)28(39)40)26-25(13-20)42-29(41)37(26)15-17-3-8-21(9-4-17)30(33,34)35/h1-13H,14-15H2,(H,36,38)(H,39,40). The first-order valence-electron chi connectivity index (χ1n) is 12.3. The van der Waals surface area contributed by atoms with E-state index >= 15 is 0 Å². The molecule has 1 amide bonds. The van der Waals surface area contributed by atoms with E-state index in [1.54, 1.807) is 0 Å². The summed E-state index contributed by atoms with van der Waals surface area (Å²) in [5.74, 6) is -4.92. The zero-order valence-corrected chi connectivity index (χ0v) is 21.3. The number of aromatic nitrogens is 1. The minimum absolute atomic E-state index is 0.0311. The van der Waals surface area contributed by atoms with Crippen molar-refractivity contribution in [3.63, 3.8) is 0 Å². The van der Waals surface area contributed by atoms with Gasteiger partial charge in [0, 0.05) is 6.54 Å². The first-order chi connectivity index (χ1) is 19.9. The van der Waals surface area contributed by atoms with Crippen LogP contribution in [-0.4, -0.2) is 21.6 Å². The molecule has 214 valence electrons. The van der Waals surface area contributed by atoms with Crippen LogP contribution in [0.3, 0.4) is 0 Å². The number of hydrogen-bond donors (Lipinski definition) is 2. The Balaban J connectivity index is 1.56. The van der Waals surface area contributed by atoms with Crippen LogP contribution in [0, 0.1) is 11.6 Å². The molecule has 1 heterocycles. The molecule has 0 radical (unpaired) electrons. The molecule has 2 N–H and O–H groups in total. The maximum absolute atomic E-state index is 14.0. The summed E-state index contributed by atoms with van der Waals surface area (Å²) in [4.78, 5) is 37.4. The van der Waals surface area contributed by atoms with E-state index in [0.717, 1.165) is 28.8 Å². The van der Waals surface area contributed by atoms with Crippen LogP contribution >= 0.6 is 0 Å². The summed E-state index contributed by atoms with van der Waals surface area (Å²) in [6.07, 6.45) is -4.55. The van der Waals surface area contributed by atoms with Gasteiger partial charge in [-0.2, -0.15) is 13.2 Å². The highest BCUT2D eigenvalue weighted by molar-refractivity contribution is 6.06. The number of fused-ring (bicyclic) bond motifs is 1. The number of alkyl halides is 3. The lowest BCUT2D eigenvalue weighted by molar-refractivity contribution is -0.137. The SMILES string of the molecule is O=C(O)c1ccc(CNC(=O)c2cc(-c3ccc(F)c(F)c3)cc3oc(=O)n(Cc4ccc(C(F)(F)F)cc4)c23)cc1. The van der Waals surface area contributed by atoms with Gasteiger partial charge in [0.1, 0.15) is 5.52 Å². The molecule has 0 fully saturated rings. The van der Waals surface area contributed by atoms with E-state index in [2.05, 4.69) is 5.32 Å². The number of carbonyl (C=O) groups excluding carboxylic acids is 1. The van der Waals surface area contributed by atoms with Crippen molar-refractivity contribution in [1.29, 1.82) is 0 Å². The molecule has 0 spiro atoms. The minimum atomic E-state index is -4.55. The molecule has 0 aliphatic rings. The maximum Gasteiger partial charge on any atom is 0.420 e. The van der Waals surface area contributed by atoms with Crippen LogP contribution in [0.25, 0.3) is 22.2 Å². The number of amides is 1. The highest BCUT2D eigenvalue weighted by atomic mass is 19.4. The molecule has 1 aromatic heterocycles. The van der Waals surface area contributed by atoms with Crippen molar-refractivity contribution in [2.24, 2.45) is 0 Å². The van der Waals surface area contributed by atoms with Crippen molar-refractivity contribution >= 4 is 23.0 Å². The maximum atomic E-state index is 14.0. The first-order valence-corrected chi connectivity index (χ1v) is 12.3. The molecular formula is C30H19F5N2O5. The lowest BCUT2D eigenvalue weighted by Gasteiger charge is -2.12. The number of rotatable bonds is 7. The molecule has 0 atom stereocenters. The molecule has 0 saturated carbocycles. The van der Waals surface area contributed by atoms with Crippen molar-refractivity contribution in [2.75, 3.05) is 0 Å². The Labute approximate surface area is 233 Å². The molecule has 7 nitrogen and oxygen atoms in total. The van der Waals surface area contributed by atoms with Crippen LogP contribution in [0.15, 0.2) is 88.1 Å². The highest BCUT2D eigenvalue weighted by Crippen LogP contribution is 2.31. The lowest BCUT2D eigenvalue weighted by Crippen LogP contribution is -2.24. The molecule has 5 aromatic rings. The molecule has 0 aliphatic heterocycles. The number of hydrogen-bond acceptors (Lipinski definition) is 4. The van der Waals surface area contributed by atoms with E-state index in [0.29, 0.717) is 11.1 Å². The summed E-state index contributed by atoms with van der Waals surface area (Å²) in [5, 5.41) is 11.8. The number of carboxylic acids is 1. The van der Waals surface area contributed by atoms with Crippen molar-refractivity contribution in [2.45, 2.75) is 19.3 Å². The van der Waals surface area contributed by atoms with Crippen LogP contribution in [0.2, 0.25) is 0 Å². The smallest absolute Gasteiger partial charge is 0.420 e. The average molecular weight is 582 g/mol. The van der Waals surface area contributed by atoms with Gasteiger partial charge in [0.15, 0.2) is 17.2 Å². The van der Waals surface area contributed by atoms with Crippen molar-refractivity contribution in [3.8, 4) is 11.1 Å². The van der Waals surface area contributed by atoms with Gasteiger partial charge in [-0.25, -0.2) is 18.4 Å². The van der Waals surface area contributed by atoms with Gasteiger partial charge in [-0.1, -0.05) is 30.3 Å². The van der Waals surface area contributed by atoms with Gasteiger partial charge < -0.3 is 14.8 Å². The van der Waals surface area contributed by atoms with Gasteiger partial charge in [0.05, 0.1) is 23.2 Å². The van der Waals surface area contributed by atoms with Gasteiger partial charge in [0.25, 0.3) is 5.91 Å². The predicted molar refractivity (Wildman–Crippen MR) is 141 cm³/mol. The summed E-state index contributed by atoms with van der Waals surface area (Å²) in [6.45, 7) is -0.262. The summed E-state index contributed by atoms with van der Waals surface area (Å²) in [6, 6.07) is 15.7. The van der Waals surface area contributed by atoms with E-state index in [4.69, 9.17) is 9.52 Å². The Morgan fingerprint density at radius 1 is 0.833 bits per heavy atom. The third-order valence-corrected chi connectivity index (χ3v) is 6.54. The quantitative estimate of drug-likeness (QED) is 0.222. The fourth-order valence-electron chi connectivity index (χ4n) is 4.39. The normalized spacial score (nSPS) is 11.5. The zero-order valence-electron chi connectivity index (χ0n) is 21.3. The van der Waals surface area contributed by atoms with E-state index in [1.807, 2.05) is 0 Å². The zero-order chi connectivity index (χ0) is 30.2. The van der Waals surface area contributed by atoms with Gasteiger partial charge in [-0.05, 0) is 70.8 Å². The molecule has 42 heavy (non-hydrogen) atoms. The Morgan fingerprint density at radius 2 is 1.50 bits per heavy atom. The van der Waals surface area contributed by atoms with Gasteiger partial charge in [-0.15, -0.1) is 0 Å². The Hall–Kier alpha value is -5.26. The Bertz CT molecular complexity index is 1870. The van der Waals surface area contributed by atoms with E-state index in [9.17, 15) is 36.3 Å². The fraction of sp³-hybridized carbons (Fsp3) is 0.100. The number of benzene rings is 4. The van der Waals surface area contributed by atoms with E-state index in [-0.39, 0.29) is 46.4 Å². The molecule has 0 saturated heterocycles. The average Bonchev–Trinajstić information content (AvgIpc) is 3.27. The first kappa shape index (κ1) is 28.3. The van der Waals surface area contributed by atoms with Crippen molar-refractivity contribution < 1.29 is 41.1 Å². The molecule has 0 bridgehead atoms. The summed E-state index contributed by atoms with van der Waals surface area (Å²) in [5.41, 5.74) is 0.375. The number of aromatic carboxylic acids is 1. The minimum Gasteiger partial charge on any atom is -0.478 e. The van der Waals surface area contributed by atoms with E-state index < -0.39 is 41.0 Å². The van der Waals surface area contributed by atoms with Crippen LogP contribution in [0.1, 0.15) is 37.4 Å². The lowest BCUT2D eigenvalue weighted by atomic mass is 10.0. The Kier molecular flexibility index (Phi) is 7.38.